The first-order chi connectivity index (χ1) is 17.2. The van der Waals surface area contributed by atoms with Gasteiger partial charge in [0, 0.05) is 17.0 Å². The molecule has 0 amide bonds. The van der Waals surface area contributed by atoms with Crippen LogP contribution < -0.4 is 14.8 Å². The van der Waals surface area contributed by atoms with Crippen molar-refractivity contribution in [2.45, 2.75) is 33.2 Å². The predicted molar refractivity (Wildman–Crippen MR) is 135 cm³/mol. The number of phenolic OH excluding ortho intramolecular Hbond substituents is 1. The highest BCUT2D eigenvalue weighted by Gasteiger charge is 2.25. The third-order valence-corrected chi connectivity index (χ3v) is 5.77. The zero-order valence-electron chi connectivity index (χ0n) is 20.6. The van der Waals surface area contributed by atoms with E-state index in [0.29, 0.717) is 17.1 Å². The fraction of sp³-hybridized carbons (Fsp3) is 0.296. The van der Waals surface area contributed by atoms with Gasteiger partial charge in [-0.3, -0.25) is 0 Å². The zero-order valence-corrected chi connectivity index (χ0v) is 20.6. The zero-order chi connectivity index (χ0) is 26.1. The van der Waals surface area contributed by atoms with E-state index in [2.05, 4.69) is 40.0 Å². The molecular weight excluding hydrogens is 466 g/mol. The normalized spacial score (nSPS) is 12.1. The van der Waals surface area contributed by atoms with Gasteiger partial charge in [-0.25, -0.2) is 13.8 Å². The van der Waals surface area contributed by atoms with Gasteiger partial charge in [0.25, 0.3) is 0 Å². The lowest BCUT2D eigenvalue weighted by Crippen LogP contribution is -2.19. The first-order valence-corrected chi connectivity index (χ1v) is 11.4. The highest BCUT2D eigenvalue weighted by atomic mass is 19.1. The second kappa shape index (κ2) is 9.82. The lowest BCUT2D eigenvalue weighted by Gasteiger charge is -2.20. The minimum absolute atomic E-state index is 0.00331. The van der Waals surface area contributed by atoms with E-state index >= 15 is 4.39 Å². The van der Waals surface area contributed by atoms with Gasteiger partial charge >= 0.3 is 6.01 Å². The molecular formula is C27H26F2N4O3. The average molecular weight is 493 g/mol. The van der Waals surface area contributed by atoms with E-state index in [-0.39, 0.29) is 56.8 Å². The number of hydrogen-bond donors (Lipinski definition) is 2. The Kier molecular flexibility index (Phi) is 6.80. The molecule has 2 N–H and O–H groups in total. The summed E-state index contributed by atoms with van der Waals surface area (Å²) in [6, 6.07) is 5.28. The van der Waals surface area contributed by atoms with Gasteiger partial charge in [-0.15, -0.1) is 6.42 Å². The minimum atomic E-state index is -0.829. The molecule has 0 saturated heterocycles. The number of fused-ring (bicyclic) bond motifs is 2. The summed E-state index contributed by atoms with van der Waals surface area (Å²) in [6.07, 6.45) is 6.42. The van der Waals surface area contributed by atoms with Gasteiger partial charge in [-0.05, 0) is 42.8 Å². The molecule has 7 nitrogen and oxygen atoms in total. The molecule has 2 heterocycles. The third-order valence-electron chi connectivity index (χ3n) is 5.77. The lowest BCUT2D eigenvalue weighted by atomic mass is 9.95. The Morgan fingerprint density at radius 1 is 1.06 bits per heavy atom. The van der Waals surface area contributed by atoms with Crippen molar-refractivity contribution >= 4 is 27.5 Å². The maximum Gasteiger partial charge on any atom is 0.318 e. The predicted octanol–water partition coefficient (Wildman–Crippen LogP) is 5.67. The number of anilines is 1. The number of nitrogens with one attached hydrogen (secondary N) is 1. The van der Waals surface area contributed by atoms with Crippen LogP contribution in [-0.4, -0.2) is 40.3 Å². The molecule has 2 aromatic carbocycles. The molecule has 0 spiro atoms. The van der Waals surface area contributed by atoms with Crippen molar-refractivity contribution in [2.75, 3.05) is 19.5 Å². The van der Waals surface area contributed by atoms with Gasteiger partial charge < -0.3 is 19.9 Å². The molecule has 0 aliphatic rings. The Bertz CT molecular complexity index is 1520. The van der Waals surface area contributed by atoms with Crippen LogP contribution in [0.4, 0.5) is 14.6 Å². The molecule has 0 aliphatic carbocycles. The highest BCUT2D eigenvalue weighted by Crippen LogP contribution is 2.41. The Hall–Kier alpha value is -4.19. The minimum Gasteiger partial charge on any atom is -0.508 e. The van der Waals surface area contributed by atoms with E-state index in [4.69, 9.17) is 15.9 Å². The number of hydrogen-bond acceptors (Lipinski definition) is 7. The molecule has 0 aliphatic heterocycles. The molecule has 4 rings (SSSR count). The molecule has 4 aromatic rings. The van der Waals surface area contributed by atoms with Gasteiger partial charge in [0.2, 0.25) is 5.88 Å². The fourth-order valence-corrected chi connectivity index (χ4v) is 4.39. The van der Waals surface area contributed by atoms with E-state index in [1.54, 1.807) is 0 Å². The summed E-state index contributed by atoms with van der Waals surface area (Å²) in [7, 11) is 2.77. The Balaban J connectivity index is 2.07. The van der Waals surface area contributed by atoms with Gasteiger partial charge in [0.05, 0.1) is 19.8 Å². The Labute approximate surface area is 207 Å². The van der Waals surface area contributed by atoms with Crippen molar-refractivity contribution < 1.29 is 23.4 Å². The number of benzene rings is 2. The largest absolute Gasteiger partial charge is 0.508 e. The molecule has 2 aromatic heterocycles. The van der Waals surface area contributed by atoms with Crippen LogP contribution in [-0.2, 0) is 0 Å². The summed E-state index contributed by atoms with van der Waals surface area (Å²) >= 11 is 0. The number of methoxy groups -OCH3 is 2. The van der Waals surface area contributed by atoms with Crippen molar-refractivity contribution in [1.29, 1.82) is 0 Å². The van der Waals surface area contributed by atoms with Crippen molar-refractivity contribution in [3.63, 3.8) is 0 Å². The summed E-state index contributed by atoms with van der Waals surface area (Å²) in [5, 5.41) is 14.5. The molecule has 9 heteroatoms. The van der Waals surface area contributed by atoms with E-state index in [1.807, 2.05) is 6.92 Å². The molecule has 186 valence electrons. The van der Waals surface area contributed by atoms with Crippen LogP contribution in [0.5, 0.6) is 17.6 Å². The number of aromatic hydroxyl groups is 1. The van der Waals surface area contributed by atoms with Crippen LogP contribution in [0.25, 0.3) is 32.9 Å². The number of halogens is 2. The molecule has 1 unspecified atom stereocenters. The molecule has 0 bridgehead atoms. The van der Waals surface area contributed by atoms with Crippen LogP contribution in [0.3, 0.4) is 0 Å². The Morgan fingerprint density at radius 3 is 2.44 bits per heavy atom. The van der Waals surface area contributed by atoms with Gasteiger partial charge in [-0.2, -0.15) is 9.97 Å². The van der Waals surface area contributed by atoms with Gasteiger partial charge in [0.1, 0.15) is 34.0 Å². The maximum absolute atomic E-state index is 16.2. The molecule has 0 saturated carbocycles. The van der Waals surface area contributed by atoms with E-state index in [9.17, 15) is 9.50 Å². The van der Waals surface area contributed by atoms with Crippen molar-refractivity contribution in [1.82, 2.24) is 15.0 Å². The van der Waals surface area contributed by atoms with Crippen LogP contribution >= 0.6 is 0 Å². The van der Waals surface area contributed by atoms with E-state index in [0.717, 1.165) is 6.42 Å². The van der Waals surface area contributed by atoms with Crippen LogP contribution in [0.15, 0.2) is 24.3 Å². The van der Waals surface area contributed by atoms with Crippen molar-refractivity contribution in [3.05, 3.63) is 41.5 Å². The number of phenols is 1. The highest BCUT2D eigenvalue weighted by molar-refractivity contribution is 6.04. The lowest BCUT2D eigenvalue weighted by molar-refractivity contribution is 0.380. The number of nitrogens with zero attached hydrogens (tertiary/aromatic N) is 3. The number of terminal acetylenes is 1. The topological polar surface area (TPSA) is 89.4 Å². The third kappa shape index (κ3) is 4.42. The van der Waals surface area contributed by atoms with Crippen LogP contribution in [0, 0.1) is 29.9 Å². The monoisotopic (exact) mass is 492 g/mol. The molecule has 1 atom stereocenters. The first-order valence-electron chi connectivity index (χ1n) is 11.4. The van der Waals surface area contributed by atoms with Crippen molar-refractivity contribution in [3.8, 4) is 41.2 Å². The summed E-state index contributed by atoms with van der Waals surface area (Å²) < 4.78 is 41.5. The van der Waals surface area contributed by atoms with Crippen molar-refractivity contribution in [2.24, 2.45) is 5.92 Å². The summed E-state index contributed by atoms with van der Waals surface area (Å²) in [5.41, 5.74) is -0.314. The number of rotatable bonds is 7. The smallest absolute Gasteiger partial charge is 0.318 e. The molecule has 36 heavy (non-hydrogen) atoms. The quantitative estimate of drug-likeness (QED) is 0.321. The number of pyridine rings is 1. The van der Waals surface area contributed by atoms with Crippen LogP contribution in [0.1, 0.15) is 32.8 Å². The average Bonchev–Trinajstić information content (AvgIpc) is 2.83. The second-order valence-corrected chi connectivity index (χ2v) is 8.90. The Morgan fingerprint density at radius 2 is 1.81 bits per heavy atom. The standard InChI is InChI=1S/C27H26F2N4O3/c1-7-17-19(28)9-8-15-11-16(34)12-18(20(15)17)23-22(29)24-21(26(31-23)35-5)25(33-27(32-24)36-6)30-14(4)10-13(2)3/h1,8-9,11-14,34H,10H2,2-6H3,(H,30,32,33). The number of ether oxygens (including phenoxy) is 2. The summed E-state index contributed by atoms with van der Waals surface area (Å²) in [5.74, 6) is 1.43. The van der Waals surface area contributed by atoms with Crippen LogP contribution in [0.2, 0.25) is 0 Å². The number of aromatic nitrogens is 3. The SMILES string of the molecule is C#Cc1c(F)ccc2cc(O)cc(-c3nc(OC)c4c(NC(C)CC(C)C)nc(OC)nc4c3F)c12. The first kappa shape index (κ1) is 24.9. The fourth-order valence-electron chi connectivity index (χ4n) is 4.39. The summed E-state index contributed by atoms with van der Waals surface area (Å²) in [6.45, 7) is 6.18. The molecule has 0 radical (unpaired) electrons. The maximum atomic E-state index is 16.2. The van der Waals surface area contributed by atoms with E-state index in [1.165, 1.54) is 38.5 Å². The summed E-state index contributed by atoms with van der Waals surface area (Å²) in [4.78, 5) is 13.0. The van der Waals surface area contributed by atoms with Gasteiger partial charge in [0.15, 0.2) is 5.82 Å². The second-order valence-electron chi connectivity index (χ2n) is 8.90. The molecule has 0 fully saturated rings. The van der Waals surface area contributed by atoms with E-state index < -0.39 is 11.6 Å². The van der Waals surface area contributed by atoms with Gasteiger partial charge in [-0.1, -0.05) is 25.8 Å².